The van der Waals surface area contributed by atoms with E-state index in [1.54, 1.807) is 0 Å². The second kappa shape index (κ2) is 9.35. The highest BCUT2D eigenvalue weighted by atomic mass is 35.5. The van der Waals surface area contributed by atoms with Crippen LogP contribution in [0.5, 0.6) is 5.75 Å². The molecular formula is C19H26ClN3O2S. The maximum atomic E-state index is 12.5. The van der Waals surface area contributed by atoms with Gasteiger partial charge in [-0.05, 0) is 63.5 Å². The zero-order chi connectivity index (χ0) is 17.8. The Labute approximate surface area is 165 Å². The molecule has 2 atom stereocenters. The standard InChI is InChI=1S/C19H25N3O2S.ClH/c1-12(2)24-15-6-4-14(5-7-15)19-22-17(11-25-19)18(23)21-16-8-9-20-10-13(16)3;/h4-7,11-13,16,20H,8-10H2,1-3H3,(H,21,23);1H. The van der Waals surface area contributed by atoms with Gasteiger partial charge in [0.2, 0.25) is 0 Å². The number of benzene rings is 1. The molecule has 0 spiro atoms. The number of nitrogens with one attached hydrogen (secondary N) is 2. The van der Waals surface area contributed by atoms with E-state index in [0.29, 0.717) is 11.6 Å². The predicted octanol–water partition coefficient (Wildman–Crippen LogP) is 3.75. The number of halogens is 1. The summed E-state index contributed by atoms with van der Waals surface area (Å²) in [7, 11) is 0. The van der Waals surface area contributed by atoms with Crippen molar-refractivity contribution >= 4 is 29.7 Å². The SMILES string of the molecule is CC(C)Oc1ccc(-c2nc(C(=O)NC3CCNCC3C)cs2)cc1.Cl. The highest BCUT2D eigenvalue weighted by Gasteiger charge is 2.24. The molecule has 1 fully saturated rings. The van der Waals surface area contributed by atoms with Crippen LogP contribution in [0.15, 0.2) is 29.6 Å². The fraction of sp³-hybridized carbons (Fsp3) is 0.474. The fourth-order valence-corrected chi connectivity index (χ4v) is 3.74. The molecular weight excluding hydrogens is 370 g/mol. The summed E-state index contributed by atoms with van der Waals surface area (Å²) >= 11 is 1.49. The maximum absolute atomic E-state index is 12.5. The van der Waals surface area contributed by atoms with Crippen LogP contribution in [0.1, 0.15) is 37.7 Å². The molecule has 7 heteroatoms. The zero-order valence-corrected chi connectivity index (χ0v) is 17.0. The molecule has 2 aromatic rings. The smallest absolute Gasteiger partial charge is 0.271 e. The largest absolute Gasteiger partial charge is 0.491 e. The molecule has 0 radical (unpaired) electrons. The van der Waals surface area contributed by atoms with Gasteiger partial charge in [-0.15, -0.1) is 23.7 Å². The Kier molecular flexibility index (Phi) is 7.43. The number of hydrogen-bond donors (Lipinski definition) is 2. The van der Waals surface area contributed by atoms with Gasteiger partial charge < -0.3 is 15.4 Å². The lowest BCUT2D eigenvalue weighted by Gasteiger charge is -2.29. The third kappa shape index (κ3) is 5.19. The molecule has 0 aliphatic carbocycles. The van der Waals surface area contributed by atoms with Crippen LogP contribution in [0.3, 0.4) is 0 Å². The third-order valence-corrected chi connectivity index (χ3v) is 5.20. The molecule has 5 nitrogen and oxygen atoms in total. The van der Waals surface area contributed by atoms with Crippen molar-refractivity contribution in [1.82, 2.24) is 15.6 Å². The summed E-state index contributed by atoms with van der Waals surface area (Å²) < 4.78 is 5.66. The molecule has 26 heavy (non-hydrogen) atoms. The van der Waals surface area contributed by atoms with Crippen molar-refractivity contribution in [2.45, 2.75) is 39.3 Å². The average Bonchev–Trinajstić information content (AvgIpc) is 3.07. The molecule has 1 aromatic heterocycles. The molecule has 2 N–H and O–H groups in total. The number of carbonyl (C=O) groups is 1. The Morgan fingerprint density at radius 1 is 1.35 bits per heavy atom. The zero-order valence-electron chi connectivity index (χ0n) is 15.3. The number of hydrogen-bond acceptors (Lipinski definition) is 5. The molecule has 2 heterocycles. The highest BCUT2D eigenvalue weighted by Crippen LogP contribution is 2.26. The third-order valence-electron chi connectivity index (χ3n) is 4.31. The average molecular weight is 396 g/mol. The van der Waals surface area contributed by atoms with Gasteiger partial charge in [0.15, 0.2) is 0 Å². The van der Waals surface area contributed by atoms with Gasteiger partial charge in [-0.3, -0.25) is 4.79 Å². The van der Waals surface area contributed by atoms with Crippen molar-refractivity contribution in [2.75, 3.05) is 13.1 Å². The van der Waals surface area contributed by atoms with Crippen LogP contribution in [-0.4, -0.2) is 36.1 Å². The molecule has 1 saturated heterocycles. The summed E-state index contributed by atoms with van der Waals surface area (Å²) in [6.07, 6.45) is 1.11. The first-order valence-electron chi connectivity index (χ1n) is 8.77. The van der Waals surface area contributed by atoms with Gasteiger partial charge in [0.05, 0.1) is 6.10 Å². The molecule has 1 aromatic carbocycles. The van der Waals surface area contributed by atoms with Crippen molar-refractivity contribution in [3.05, 3.63) is 35.3 Å². The highest BCUT2D eigenvalue weighted by molar-refractivity contribution is 7.13. The van der Waals surface area contributed by atoms with Crippen molar-refractivity contribution in [3.63, 3.8) is 0 Å². The van der Waals surface area contributed by atoms with Crippen LogP contribution < -0.4 is 15.4 Å². The quantitative estimate of drug-likeness (QED) is 0.809. The van der Waals surface area contributed by atoms with E-state index in [1.807, 2.05) is 43.5 Å². The normalized spacial score (nSPS) is 19.7. The summed E-state index contributed by atoms with van der Waals surface area (Å²) in [6, 6.07) is 8.05. The molecule has 0 bridgehead atoms. The van der Waals surface area contributed by atoms with Gasteiger partial charge >= 0.3 is 0 Å². The summed E-state index contributed by atoms with van der Waals surface area (Å²) in [5.74, 6) is 1.19. The van der Waals surface area contributed by atoms with Crippen molar-refractivity contribution in [2.24, 2.45) is 5.92 Å². The van der Waals surface area contributed by atoms with Gasteiger partial charge in [0.1, 0.15) is 16.5 Å². The van der Waals surface area contributed by atoms with Gasteiger partial charge in [0, 0.05) is 17.0 Å². The molecule has 1 aliphatic heterocycles. The first-order chi connectivity index (χ1) is 12.0. The lowest BCUT2D eigenvalue weighted by molar-refractivity contribution is 0.0910. The summed E-state index contributed by atoms with van der Waals surface area (Å²) in [6.45, 7) is 8.05. The number of amides is 1. The summed E-state index contributed by atoms with van der Waals surface area (Å²) in [5.41, 5.74) is 1.49. The lowest BCUT2D eigenvalue weighted by Crippen LogP contribution is -2.48. The summed E-state index contributed by atoms with van der Waals surface area (Å²) in [5, 5.41) is 9.15. The molecule has 3 rings (SSSR count). The van der Waals surface area contributed by atoms with Gasteiger partial charge in [-0.2, -0.15) is 0 Å². The topological polar surface area (TPSA) is 63.2 Å². The Balaban J connectivity index is 0.00000243. The number of carbonyl (C=O) groups excluding carboxylic acids is 1. The molecule has 2 unspecified atom stereocenters. The van der Waals surface area contributed by atoms with E-state index in [1.165, 1.54) is 11.3 Å². The maximum Gasteiger partial charge on any atom is 0.271 e. The first kappa shape index (κ1) is 20.7. The molecule has 1 aliphatic rings. The number of ether oxygens (including phenoxy) is 1. The Morgan fingerprint density at radius 3 is 2.73 bits per heavy atom. The summed E-state index contributed by atoms with van der Waals surface area (Å²) in [4.78, 5) is 17.0. The van der Waals surface area contributed by atoms with Gasteiger partial charge in [-0.25, -0.2) is 4.98 Å². The minimum absolute atomic E-state index is 0. The van der Waals surface area contributed by atoms with Crippen molar-refractivity contribution in [1.29, 1.82) is 0 Å². The predicted molar refractivity (Wildman–Crippen MR) is 108 cm³/mol. The van der Waals surface area contributed by atoms with Crippen LogP contribution in [0.2, 0.25) is 0 Å². The van der Waals surface area contributed by atoms with E-state index in [-0.39, 0.29) is 30.5 Å². The number of thiazole rings is 1. The number of aromatic nitrogens is 1. The van der Waals surface area contributed by atoms with E-state index >= 15 is 0 Å². The van der Waals surface area contributed by atoms with Crippen LogP contribution in [0.4, 0.5) is 0 Å². The minimum Gasteiger partial charge on any atom is -0.491 e. The van der Waals surface area contributed by atoms with Crippen LogP contribution in [0.25, 0.3) is 10.6 Å². The van der Waals surface area contributed by atoms with E-state index in [4.69, 9.17) is 4.74 Å². The van der Waals surface area contributed by atoms with Crippen LogP contribution >= 0.6 is 23.7 Å². The molecule has 142 valence electrons. The lowest BCUT2D eigenvalue weighted by atomic mass is 9.95. The fourth-order valence-electron chi connectivity index (χ4n) is 2.93. The molecule has 1 amide bonds. The van der Waals surface area contributed by atoms with Gasteiger partial charge in [0.25, 0.3) is 5.91 Å². The van der Waals surface area contributed by atoms with E-state index in [2.05, 4.69) is 22.5 Å². The number of piperidine rings is 1. The van der Waals surface area contributed by atoms with Crippen molar-refractivity contribution in [3.8, 4) is 16.3 Å². The minimum atomic E-state index is -0.0824. The molecule has 0 saturated carbocycles. The van der Waals surface area contributed by atoms with Gasteiger partial charge in [-0.1, -0.05) is 6.92 Å². The van der Waals surface area contributed by atoms with Crippen molar-refractivity contribution < 1.29 is 9.53 Å². The van der Waals surface area contributed by atoms with E-state index < -0.39 is 0 Å². The second-order valence-corrected chi connectivity index (χ2v) is 7.64. The van der Waals surface area contributed by atoms with Crippen LogP contribution in [0, 0.1) is 5.92 Å². The monoisotopic (exact) mass is 395 g/mol. The van der Waals surface area contributed by atoms with E-state index in [0.717, 1.165) is 35.8 Å². The number of rotatable bonds is 5. The second-order valence-electron chi connectivity index (χ2n) is 6.78. The number of nitrogens with zero attached hydrogens (tertiary/aromatic N) is 1. The first-order valence-corrected chi connectivity index (χ1v) is 9.65. The van der Waals surface area contributed by atoms with Crippen LogP contribution in [-0.2, 0) is 0 Å². The Hall–Kier alpha value is -1.63. The van der Waals surface area contributed by atoms with E-state index in [9.17, 15) is 4.79 Å². The Morgan fingerprint density at radius 2 is 2.08 bits per heavy atom. The Bertz CT molecular complexity index is 718.